The fourth-order valence-electron chi connectivity index (χ4n) is 2.26. The van der Waals surface area contributed by atoms with Crippen LogP contribution in [0.15, 0.2) is 53.9 Å². The summed E-state index contributed by atoms with van der Waals surface area (Å²) in [6, 6.07) is 14.8. The van der Waals surface area contributed by atoms with Crippen molar-refractivity contribution in [3.63, 3.8) is 0 Å². The van der Waals surface area contributed by atoms with Crippen LogP contribution < -0.4 is 15.8 Å². The van der Waals surface area contributed by atoms with Gasteiger partial charge in [0.15, 0.2) is 0 Å². The molecule has 0 aliphatic rings. The highest BCUT2D eigenvalue weighted by Gasteiger charge is 2.10. The van der Waals surface area contributed by atoms with Crippen LogP contribution in [0, 0.1) is 0 Å². The normalized spacial score (nSPS) is 10.4. The van der Waals surface area contributed by atoms with E-state index in [0.717, 1.165) is 16.3 Å². The monoisotopic (exact) mass is 339 g/mol. The number of carbonyl (C=O) groups is 1. The number of nitrogens with two attached hydrogens (primary N) is 1. The highest BCUT2D eigenvalue weighted by atomic mass is 32.1. The number of benzene rings is 2. The predicted octanol–water partition coefficient (Wildman–Crippen LogP) is 3.58. The number of anilines is 2. The largest absolute Gasteiger partial charge is 0.497 e. The lowest BCUT2D eigenvalue weighted by Gasteiger charge is -2.06. The minimum Gasteiger partial charge on any atom is -0.497 e. The highest BCUT2D eigenvalue weighted by Crippen LogP contribution is 2.25. The molecule has 0 saturated carbocycles. The first-order valence-corrected chi connectivity index (χ1v) is 8.26. The molecule has 1 heterocycles. The average Bonchev–Trinajstić information content (AvgIpc) is 3.03. The average molecular weight is 339 g/mol. The Morgan fingerprint density at radius 1 is 1.25 bits per heavy atom. The molecule has 0 aliphatic carbocycles. The number of nitrogens with zero attached hydrogens (tertiary/aromatic N) is 1. The number of nitrogens with one attached hydrogen (secondary N) is 1. The Labute approximate surface area is 144 Å². The molecule has 0 aliphatic heterocycles. The third-order valence-corrected chi connectivity index (χ3v) is 4.32. The van der Waals surface area contributed by atoms with Crippen molar-refractivity contribution < 1.29 is 9.53 Å². The van der Waals surface area contributed by atoms with Crippen LogP contribution in [0.25, 0.3) is 10.6 Å². The molecule has 2 aromatic carbocycles. The molecule has 0 bridgehead atoms. The van der Waals surface area contributed by atoms with Crippen molar-refractivity contribution in [1.82, 2.24) is 4.98 Å². The van der Waals surface area contributed by atoms with Crippen molar-refractivity contribution >= 4 is 28.6 Å². The van der Waals surface area contributed by atoms with Gasteiger partial charge in [-0.05, 0) is 24.3 Å². The van der Waals surface area contributed by atoms with Crippen LogP contribution in [0.3, 0.4) is 0 Å². The molecule has 0 fully saturated rings. The van der Waals surface area contributed by atoms with Crippen molar-refractivity contribution in [3.8, 4) is 16.3 Å². The predicted molar refractivity (Wildman–Crippen MR) is 97.3 cm³/mol. The van der Waals surface area contributed by atoms with Crippen LogP contribution in [0.4, 0.5) is 11.4 Å². The Hall–Kier alpha value is -2.86. The van der Waals surface area contributed by atoms with E-state index in [1.807, 2.05) is 47.8 Å². The van der Waals surface area contributed by atoms with E-state index in [4.69, 9.17) is 10.5 Å². The zero-order valence-electron chi connectivity index (χ0n) is 13.2. The van der Waals surface area contributed by atoms with Crippen LogP contribution in [-0.2, 0) is 11.2 Å². The van der Waals surface area contributed by atoms with Gasteiger partial charge < -0.3 is 15.8 Å². The Bertz CT molecular complexity index is 861. The third kappa shape index (κ3) is 3.91. The number of rotatable bonds is 5. The first kappa shape index (κ1) is 16.0. The van der Waals surface area contributed by atoms with Gasteiger partial charge in [-0.15, -0.1) is 11.3 Å². The molecule has 3 aromatic rings. The molecular formula is C18H17N3O2S. The summed E-state index contributed by atoms with van der Waals surface area (Å²) < 4.78 is 5.14. The minimum absolute atomic E-state index is 0.118. The Morgan fingerprint density at radius 2 is 2.08 bits per heavy atom. The molecule has 1 aromatic heterocycles. The number of nitrogen functional groups attached to an aromatic ring is 1. The SMILES string of the molecule is COc1cccc(NC(=O)Cc2csc(-c3cccc(N)c3)n2)c1. The lowest BCUT2D eigenvalue weighted by molar-refractivity contribution is -0.115. The van der Waals surface area contributed by atoms with E-state index in [1.54, 1.807) is 13.2 Å². The smallest absolute Gasteiger partial charge is 0.230 e. The van der Waals surface area contributed by atoms with Crippen molar-refractivity contribution in [2.75, 3.05) is 18.2 Å². The first-order chi connectivity index (χ1) is 11.6. The van der Waals surface area contributed by atoms with Gasteiger partial charge in [-0.3, -0.25) is 4.79 Å². The standard InChI is InChI=1S/C18H17N3O2S/c1-23-16-7-3-6-14(9-16)20-17(22)10-15-11-24-18(21-15)12-4-2-5-13(19)8-12/h2-9,11H,10,19H2,1H3,(H,20,22). The summed E-state index contributed by atoms with van der Waals surface area (Å²) in [7, 11) is 1.59. The van der Waals surface area contributed by atoms with Gasteiger partial charge in [0.25, 0.3) is 0 Å². The van der Waals surface area contributed by atoms with Crippen molar-refractivity contribution in [2.45, 2.75) is 6.42 Å². The van der Waals surface area contributed by atoms with Gasteiger partial charge in [-0.25, -0.2) is 4.98 Å². The number of methoxy groups -OCH3 is 1. The van der Waals surface area contributed by atoms with Crippen LogP contribution in [0.2, 0.25) is 0 Å². The first-order valence-electron chi connectivity index (χ1n) is 7.38. The third-order valence-electron chi connectivity index (χ3n) is 3.38. The summed E-state index contributed by atoms with van der Waals surface area (Å²) in [5, 5.41) is 5.59. The van der Waals surface area contributed by atoms with Crippen LogP contribution in [0.5, 0.6) is 5.75 Å². The van der Waals surface area contributed by atoms with Crippen molar-refractivity contribution in [3.05, 3.63) is 59.6 Å². The maximum absolute atomic E-state index is 12.2. The van der Waals surface area contributed by atoms with Crippen molar-refractivity contribution in [1.29, 1.82) is 0 Å². The van der Waals surface area contributed by atoms with E-state index < -0.39 is 0 Å². The fraction of sp³-hybridized carbons (Fsp3) is 0.111. The summed E-state index contributed by atoms with van der Waals surface area (Å²) >= 11 is 1.50. The summed E-state index contributed by atoms with van der Waals surface area (Å²) in [4.78, 5) is 16.7. The number of aromatic nitrogens is 1. The van der Waals surface area contributed by atoms with E-state index in [-0.39, 0.29) is 12.3 Å². The zero-order valence-corrected chi connectivity index (χ0v) is 14.0. The second kappa shape index (κ2) is 7.14. The lowest BCUT2D eigenvalue weighted by Crippen LogP contribution is -2.14. The number of amides is 1. The van der Waals surface area contributed by atoms with Gasteiger partial charge >= 0.3 is 0 Å². The summed E-state index contributed by atoms with van der Waals surface area (Å²) in [5.74, 6) is 0.582. The number of hydrogen-bond donors (Lipinski definition) is 2. The van der Waals surface area contributed by atoms with Crippen LogP contribution >= 0.6 is 11.3 Å². The fourth-order valence-corrected chi connectivity index (χ4v) is 3.08. The number of thiazole rings is 1. The highest BCUT2D eigenvalue weighted by molar-refractivity contribution is 7.13. The van der Waals surface area contributed by atoms with Gasteiger partial charge in [0.1, 0.15) is 10.8 Å². The lowest BCUT2D eigenvalue weighted by atomic mass is 10.2. The van der Waals surface area contributed by atoms with E-state index in [0.29, 0.717) is 17.1 Å². The van der Waals surface area contributed by atoms with Gasteiger partial charge in [0.2, 0.25) is 5.91 Å². The second-order valence-corrected chi connectivity index (χ2v) is 6.08. The van der Waals surface area contributed by atoms with Gasteiger partial charge in [-0.1, -0.05) is 18.2 Å². The Kier molecular flexibility index (Phi) is 4.77. The zero-order chi connectivity index (χ0) is 16.9. The maximum atomic E-state index is 12.2. The molecule has 0 unspecified atom stereocenters. The van der Waals surface area contributed by atoms with E-state index in [9.17, 15) is 4.79 Å². The summed E-state index contributed by atoms with van der Waals surface area (Å²) in [6.07, 6.45) is 0.218. The number of carbonyl (C=O) groups excluding carboxylic acids is 1. The molecule has 3 rings (SSSR count). The molecule has 3 N–H and O–H groups in total. The number of ether oxygens (including phenoxy) is 1. The molecule has 0 atom stereocenters. The van der Waals surface area contributed by atoms with Gasteiger partial charge in [0.05, 0.1) is 19.2 Å². The Morgan fingerprint density at radius 3 is 2.88 bits per heavy atom. The molecule has 1 amide bonds. The van der Waals surface area contributed by atoms with E-state index in [2.05, 4.69) is 10.3 Å². The Balaban J connectivity index is 1.67. The summed E-state index contributed by atoms with van der Waals surface area (Å²) in [6.45, 7) is 0. The number of hydrogen-bond acceptors (Lipinski definition) is 5. The molecular weight excluding hydrogens is 322 g/mol. The molecule has 6 heteroatoms. The van der Waals surface area contributed by atoms with E-state index in [1.165, 1.54) is 11.3 Å². The quantitative estimate of drug-likeness (QED) is 0.697. The maximum Gasteiger partial charge on any atom is 0.230 e. The second-order valence-electron chi connectivity index (χ2n) is 5.23. The molecule has 0 spiro atoms. The van der Waals surface area contributed by atoms with Crippen LogP contribution in [-0.4, -0.2) is 18.0 Å². The van der Waals surface area contributed by atoms with E-state index >= 15 is 0 Å². The molecule has 0 saturated heterocycles. The van der Waals surface area contributed by atoms with Crippen LogP contribution in [0.1, 0.15) is 5.69 Å². The molecule has 122 valence electrons. The molecule has 0 radical (unpaired) electrons. The molecule has 5 nitrogen and oxygen atoms in total. The summed E-state index contributed by atoms with van der Waals surface area (Å²) in [5.41, 5.74) is 8.88. The topological polar surface area (TPSA) is 77.2 Å². The molecule has 24 heavy (non-hydrogen) atoms. The minimum atomic E-state index is -0.118. The van der Waals surface area contributed by atoms with Gasteiger partial charge in [-0.2, -0.15) is 0 Å². The van der Waals surface area contributed by atoms with Gasteiger partial charge in [0, 0.05) is 28.4 Å². The van der Waals surface area contributed by atoms with Crippen molar-refractivity contribution in [2.24, 2.45) is 0 Å².